The van der Waals surface area contributed by atoms with Gasteiger partial charge in [0, 0.05) is 5.69 Å². The van der Waals surface area contributed by atoms with Crippen LogP contribution in [0, 0.1) is 0 Å². The second-order valence-electron chi connectivity index (χ2n) is 6.94. The Hall–Kier alpha value is -1.86. The first kappa shape index (κ1) is 19.9. The van der Waals surface area contributed by atoms with Crippen LogP contribution < -0.4 is 4.72 Å². The Balaban J connectivity index is 1.74. The van der Waals surface area contributed by atoms with Gasteiger partial charge in [0.2, 0.25) is 0 Å². The minimum atomic E-state index is -3.71. The van der Waals surface area contributed by atoms with Crippen LogP contribution in [0.1, 0.15) is 50.5 Å². The van der Waals surface area contributed by atoms with Gasteiger partial charge in [-0.15, -0.1) is 0 Å². The number of hydrogen-bond donors (Lipinski definition) is 1. The molecule has 0 spiro atoms. The van der Waals surface area contributed by atoms with Gasteiger partial charge in [-0.2, -0.15) is 0 Å². The standard InChI is InChI=1S/C20H25NO4S2/c1-2-26(22,23)19-14-10-18(11-15-19)21-27(24,25)20-12-8-17(9-13-20)16-6-4-3-5-7-16/h8-16,21H,2-7H2,1H3. The molecule has 1 saturated carbocycles. The van der Waals surface area contributed by atoms with E-state index >= 15 is 0 Å². The fourth-order valence-electron chi connectivity index (χ4n) is 3.47. The summed E-state index contributed by atoms with van der Waals surface area (Å²) in [6, 6.07) is 12.9. The lowest BCUT2D eigenvalue weighted by Gasteiger charge is -2.22. The van der Waals surface area contributed by atoms with Crippen LogP contribution in [0.15, 0.2) is 58.3 Å². The van der Waals surface area contributed by atoms with Gasteiger partial charge in [-0.25, -0.2) is 16.8 Å². The fraction of sp³-hybridized carbons (Fsp3) is 0.400. The third-order valence-corrected chi connectivity index (χ3v) is 8.26. The van der Waals surface area contributed by atoms with Gasteiger partial charge in [0.1, 0.15) is 0 Å². The van der Waals surface area contributed by atoms with Crippen molar-refractivity contribution in [2.45, 2.75) is 54.7 Å². The molecule has 0 unspecified atom stereocenters. The van der Waals surface area contributed by atoms with Crippen molar-refractivity contribution in [3.63, 3.8) is 0 Å². The maximum Gasteiger partial charge on any atom is 0.261 e. The highest BCUT2D eigenvalue weighted by Crippen LogP contribution is 2.33. The highest BCUT2D eigenvalue weighted by atomic mass is 32.2. The van der Waals surface area contributed by atoms with Gasteiger partial charge in [0.15, 0.2) is 9.84 Å². The summed E-state index contributed by atoms with van der Waals surface area (Å²) in [6.45, 7) is 1.57. The molecule has 0 heterocycles. The van der Waals surface area contributed by atoms with Gasteiger partial charge in [-0.1, -0.05) is 38.3 Å². The molecule has 0 radical (unpaired) electrons. The molecule has 7 heteroatoms. The van der Waals surface area contributed by atoms with E-state index in [0.29, 0.717) is 11.6 Å². The first-order valence-electron chi connectivity index (χ1n) is 9.27. The molecule has 27 heavy (non-hydrogen) atoms. The van der Waals surface area contributed by atoms with Gasteiger partial charge in [0.25, 0.3) is 10.0 Å². The third kappa shape index (κ3) is 4.71. The van der Waals surface area contributed by atoms with E-state index < -0.39 is 19.9 Å². The molecule has 0 aliphatic heterocycles. The maximum atomic E-state index is 12.6. The highest BCUT2D eigenvalue weighted by Gasteiger charge is 2.18. The van der Waals surface area contributed by atoms with E-state index in [9.17, 15) is 16.8 Å². The normalized spacial score (nSPS) is 16.2. The molecule has 1 N–H and O–H groups in total. The van der Waals surface area contributed by atoms with Crippen molar-refractivity contribution >= 4 is 25.5 Å². The van der Waals surface area contributed by atoms with Crippen LogP contribution in [-0.4, -0.2) is 22.6 Å². The number of benzene rings is 2. The lowest BCUT2D eigenvalue weighted by molar-refractivity contribution is 0.443. The second-order valence-corrected chi connectivity index (χ2v) is 10.9. The van der Waals surface area contributed by atoms with Gasteiger partial charge in [0.05, 0.1) is 15.5 Å². The number of hydrogen-bond acceptors (Lipinski definition) is 4. The van der Waals surface area contributed by atoms with Crippen LogP contribution in [0.3, 0.4) is 0 Å². The number of rotatable bonds is 6. The van der Waals surface area contributed by atoms with Gasteiger partial charge >= 0.3 is 0 Å². The number of nitrogens with one attached hydrogen (secondary N) is 1. The lowest BCUT2D eigenvalue weighted by Crippen LogP contribution is -2.13. The van der Waals surface area contributed by atoms with Crippen molar-refractivity contribution in [1.82, 2.24) is 0 Å². The Morgan fingerprint density at radius 2 is 1.37 bits per heavy atom. The van der Waals surface area contributed by atoms with Gasteiger partial charge < -0.3 is 0 Å². The molecule has 0 aromatic heterocycles. The summed E-state index contributed by atoms with van der Waals surface area (Å²) in [7, 11) is -7.02. The number of sulfonamides is 1. The number of sulfone groups is 1. The van der Waals surface area contributed by atoms with Crippen molar-refractivity contribution < 1.29 is 16.8 Å². The molecule has 0 amide bonds. The van der Waals surface area contributed by atoms with Crippen LogP contribution in [-0.2, 0) is 19.9 Å². The molecule has 2 aromatic rings. The summed E-state index contributed by atoms with van der Waals surface area (Å²) >= 11 is 0. The molecule has 1 aliphatic rings. The van der Waals surface area contributed by atoms with Crippen molar-refractivity contribution in [2.75, 3.05) is 10.5 Å². The smallest absolute Gasteiger partial charge is 0.261 e. The zero-order valence-corrected chi connectivity index (χ0v) is 17.0. The Morgan fingerprint density at radius 1 is 0.815 bits per heavy atom. The Morgan fingerprint density at radius 3 is 1.93 bits per heavy atom. The predicted molar refractivity (Wildman–Crippen MR) is 107 cm³/mol. The predicted octanol–water partition coefficient (Wildman–Crippen LogP) is 4.33. The topological polar surface area (TPSA) is 80.3 Å². The Labute approximate surface area is 161 Å². The summed E-state index contributed by atoms with van der Waals surface area (Å²) in [5.41, 5.74) is 1.53. The van der Waals surface area contributed by atoms with Crippen molar-refractivity contribution in [3.8, 4) is 0 Å². The molecule has 146 valence electrons. The van der Waals surface area contributed by atoms with Crippen molar-refractivity contribution in [1.29, 1.82) is 0 Å². The highest BCUT2D eigenvalue weighted by molar-refractivity contribution is 7.92. The minimum Gasteiger partial charge on any atom is -0.280 e. The molecule has 1 aliphatic carbocycles. The number of anilines is 1. The van der Waals surface area contributed by atoms with Gasteiger partial charge in [-0.3, -0.25) is 4.72 Å². The van der Waals surface area contributed by atoms with Crippen LogP contribution >= 0.6 is 0 Å². The van der Waals surface area contributed by atoms with E-state index in [4.69, 9.17) is 0 Å². The van der Waals surface area contributed by atoms with Crippen molar-refractivity contribution in [3.05, 3.63) is 54.1 Å². The average molecular weight is 408 g/mol. The van der Waals surface area contributed by atoms with E-state index in [1.54, 1.807) is 19.1 Å². The fourth-order valence-corrected chi connectivity index (χ4v) is 5.41. The van der Waals surface area contributed by atoms with E-state index in [0.717, 1.165) is 12.8 Å². The van der Waals surface area contributed by atoms with Crippen LogP contribution in [0.25, 0.3) is 0 Å². The first-order chi connectivity index (χ1) is 12.8. The maximum absolute atomic E-state index is 12.6. The largest absolute Gasteiger partial charge is 0.280 e. The third-order valence-electron chi connectivity index (χ3n) is 5.11. The van der Waals surface area contributed by atoms with Crippen LogP contribution in [0.4, 0.5) is 5.69 Å². The lowest BCUT2D eigenvalue weighted by atomic mass is 9.84. The van der Waals surface area contributed by atoms with E-state index in [1.165, 1.54) is 49.1 Å². The van der Waals surface area contributed by atoms with E-state index in [1.807, 2.05) is 12.1 Å². The molecule has 5 nitrogen and oxygen atoms in total. The summed E-state index contributed by atoms with van der Waals surface area (Å²) in [6.07, 6.45) is 6.08. The molecule has 0 bridgehead atoms. The SMILES string of the molecule is CCS(=O)(=O)c1ccc(NS(=O)(=O)c2ccc(C3CCCCC3)cc2)cc1. The zero-order valence-electron chi connectivity index (χ0n) is 15.4. The molecule has 1 fully saturated rings. The summed E-state index contributed by atoms with van der Waals surface area (Å²) < 4.78 is 51.4. The molecule has 0 saturated heterocycles. The summed E-state index contributed by atoms with van der Waals surface area (Å²) in [5, 5.41) is 0. The molecular formula is C20H25NO4S2. The monoisotopic (exact) mass is 407 g/mol. The van der Waals surface area contributed by atoms with Crippen LogP contribution in [0.5, 0.6) is 0 Å². The van der Waals surface area contributed by atoms with E-state index in [-0.39, 0.29) is 15.5 Å². The van der Waals surface area contributed by atoms with Crippen LogP contribution in [0.2, 0.25) is 0 Å². The molecule has 0 atom stereocenters. The molecular weight excluding hydrogens is 382 g/mol. The Bertz CT molecular complexity index is 973. The molecule has 3 rings (SSSR count). The minimum absolute atomic E-state index is 0.00537. The van der Waals surface area contributed by atoms with Gasteiger partial charge in [-0.05, 0) is 60.7 Å². The zero-order chi connectivity index (χ0) is 19.5. The first-order valence-corrected chi connectivity index (χ1v) is 12.4. The quantitative estimate of drug-likeness (QED) is 0.773. The van der Waals surface area contributed by atoms with E-state index in [2.05, 4.69) is 4.72 Å². The summed E-state index contributed by atoms with van der Waals surface area (Å²) in [5.74, 6) is 0.530. The molecule has 2 aromatic carbocycles. The second kappa shape index (κ2) is 8.02. The Kier molecular flexibility index (Phi) is 5.91. The summed E-state index contributed by atoms with van der Waals surface area (Å²) in [4.78, 5) is 0.386. The average Bonchev–Trinajstić information content (AvgIpc) is 2.69. The van der Waals surface area contributed by atoms with Crippen molar-refractivity contribution in [2.24, 2.45) is 0 Å².